The molecule has 1 atom stereocenters. The lowest BCUT2D eigenvalue weighted by atomic mass is 9.86. The third kappa shape index (κ3) is 5.11. The van der Waals surface area contributed by atoms with Gasteiger partial charge in [0.15, 0.2) is 0 Å². The first-order chi connectivity index (χ1) is 6.96. The Morgan fingerprint density at radius 3 is 1.94 bits per heavy atom. The smallest absolute Gasteiger partial charge is 0.237 e. The van der Waals surface area contributed by atoms with Crippen LogP contribution in [0, 0.1) is 5.41 Å². The SMILES string of the molecule is CC(C)(CC(N)=O)NC(=O)[C@@H](N)C(C)(C)C. The van der Waals surface area contributed by atoms with E-state index in [0.29, 0.717) is 0 Å². The maximum atomic E-state index is 11.8. The van der Waals surface area contributed by atoms with Gasteiger partial charge in [0.25, 0.3) is 0 Å². The Kier molecular flexibility index (Phi) is 4.49. The molecule has 2 amide bonds. The number of amides is 2. The monoisotopic (exact) mass is 229 g/mol. The molecule has 94 valence electrons. The summed E-state index contributed by atoms with van der Waals surface area (Å²) in [6.45, 7) is 9.14. The largest absolute Gasteiger partial charge is 0.370 e. The van der Waals surface area contributed by atoms with Gasteiger partial charge in [-0.1, -0.05) is 20.8 Å². The van der Waals surface area contributed by atoms with Gasteiger partial charge in [-0.15, -0.1) is 0 Å². The molecule has 16 heavy (non-hydrogen) atoms. The molecule has 5 nitrogen and oxygen atoms in total. The zero-order valence-corrected chi connectivity index (χ0v) is 10.8. The van der Waals surface area contributed by atoms with Gasteiger partial charge >= 0.3 is 0 Å². The summed E-state index contributed by atoms with van der Waals surface area (Å²) >= 11 is 0. The normalized spacial score (nSPS) is 14.4. The van der Waals surface area contributed by atoms with Crippen molar-refractivity contribution in [1.82, 2.24) is 5.32 Å². The first kappa shape index (κ1) is 14.9. The summed E-state index contributed by atoms with van der Waals surface area (Å²) in [5.41, 5.74) is 9.93. The number of carbonyl (C=O) groups is 2. The van der Waals surface area contributed by atoms with Crippen molar-refractivity contribution in [2.75, 3.05) is 0 Å². The van der Waals surface area contributed by atoms with Crippen LogP contribution in [0.2, 0.25) is 0 Å². The van der Waals surface area contributed by atoms with Crippen LogP contribution in [0.5, 0.6) is 0 Å². The van der Waals surface area contributed by atoms with Crippen molar-refractivity contribution in [3.63, 3.8) is 0 Å². The van der Waals surface area contributed by atoms with E-state index in [9.17, 15) is 9.59 Å². The van der Waals surface area contributed by atoms with Crippen molar-refractivity contribution < 1.29 is 9.59 Å². The topological polar surface area (TPSA) is 98.2 Å². The van der Waals surface area contributed by atoms with E-state index in [4.69, 9.17) is 11.5 Å². The van der Waals surface area contributed by atoms with Crippen molar-refractivity contribution in [3.8, 4) is 0 Å². The lowest BCUT2D eigenvalue weighted by Gasteiger charge is -2.31. The van der Waals surface area contributed by atoms with Crippen LogP contribution in [-0.4, -0.2) is 23.4 Å². The number of rotatable bonds is 4. The molecule has 0 saturated carbocycles. The van der Waals surface area contributed by atoms with Gasteiger partial charge in [-0.3, -0.25) is 9.59 Å². The Morgan fingerprint density at radius 2 is 1.62 bits per heavy atom. The van der Waals surface area contributed by atoms with Crippen LogP contribution >= 0.6 is 0 Å². The molecule has 0 rings (SSSR count). The van der Waals surface area contributed by atoms with E-state index in [2.05, 4.69) is 5.32 Å². The van der Waals surface area contributed by atoms with E-state index >= 15 is 0 Å². The third-order valence-electron chi connectivity index (χ3n) is 2.29. The van der Waals surface area contributed by atoms with Crippen LogP contribution < -0.4 is 16.8 Å². The van der Waals surface area contributed by atoms with Crippen LogP contribution in [0.25, 0.3) is 0 Å². The molecule has 0 aliphatic heterocycles. The van der Waals surface area contributed by atoms with Crippen LogP contribution in [0.4, 0.5) is 0 Å². The molecule has 0 aromatic rings. The van der Waals surface area contributed by atoms with Crippen molar-refractivity contribution in [2.24, 2.45) is 16.9 Å². The van der Waals surface area contributed by atoms with Crippen LogP contribution in [-0.2, 0) is 9.59 Å². The Morgan fingerprint density at radius 1 is 1.19 bits per heavy atom. The Labute approximate surface area is 96.9 Å². The molecule has 0 fully saturated rings. The molecule has 0 aromatic carbocycles. The second kappa shape index (κ2) is 4.82. The summed E-state index contributed by atoms with van der Waals surface area (Å²) in [7, 11) is 0. The molecule has 0 aliphatic rings. The summed E-state index contributed by atoms with van der Waals surface area (Å²) in [5.74, 6) is -0.714. The van der Waals surface area contributed by atoms with E-state index < -0.39 is 17.5 Å². The van der Waals surface area contributed by atoms with E-state index in [0.717, 1.165) is 0 Å². The molecule has 0 saturated heterocycles. The molecule has 0 aromatic heterocycles. The van der Waals surface area contributed by atoms with Gasteiger partial charge < -0.3 is 16.8 Å². The molecule has 5 heteroatoms. The molecule has 0 spiro atoms. The molecule has 0 aliphatic carbocycles. The fourth-order valence-electron chi connectivity index (χ4n) is 1.28. The molecule has 5 N–H and O–H groups in total. The Bertz CT molecular complexity index is 279. The number of primary amides is 1. The molecule has 0 radical (unpaired) electrons. The third-order valence-corrected chi connectivity index (χ3v) is 2.29. The first-order valence-corrected chi connectivity index (χ1v) is 5.31. The number of carbonyl (C=O) groups excluding carboxylic acids is 2. The fourth-order valence-corrected chi connectivity index (χ4v) is 1.28. The average molecular weight is 229 g/mol. The number of hydrogen-bond acceptors (Lipinski definition) is 3. The number of nitrogens with one attached hydrogen (secondary N) is 1. The fraction of sp³-hybridized carbons (Fsp3) is 0.818. The van der Waals surface area contributed by atoms with E-state index in [1.54, 1.807) is 13.8 Å². The van der Waals surface area contributed by atoms with Crippen LogP contribution in [0.3, 0.4) is 0 Å². The summed E-state index contributed by atoms with van der Waals surface area (Å²) < 4.78 is 0. The highest BCUT2D eigenvalue weighted by Crippen LogP contribution is 2.18. The second-order valence-corrected chi connectivity index (χ2v) is 5.86. The number of nitrogens with two attached hydrogens (primary N) is 2. The predicted molar refractivity (Wildman–Crippen MR) is 63.5 cm³/mol. The zero-order chi connectivity index (χ0) is 13.1. The molecular formula is C11H23N3O2. The first-order valence-electron chi connectivity index (χ1n) is 5.31. The van der Waals surface area contributed by atoms with E-state index in [1.807, 2.05) is 20.8 Å². The molecule has 0 bridgehead atoms. The van der Waals surface area contributed by atoms with Crippen molar-refractivity contribution >= 4 is 11.8 Å². The van der Waals surface area contributed by atoms with Crippen molar-refractivity contribution in [2.45, 2.75) is 52.6 Å². The lowest BCUT2D eigenvalue weighted by Crippen LogP contribution is -2.55. The van der Waals surface area contributed by atoms with Crippen molar-refractivity contribution in [1.29, 1.82) is 0 Å². The molecule has 0 heterocycles. The average Bonchev–Trinajstić information content (AvgIpc) is 1.97. The van der Waals surface area contributed by atoms with E-state index in [-0.39, 0.29) is 17.7 Å². The number of hydrogen-bond donors (Lipinski definition) is 3. The maximum absolute atomic E-state index is 11.8. The second-order valence-electron chi connectivity index (χ2n) is 5.86. The van der Waals surface area contributed by atoms with Gasteiger partial charge in [-0.25, -0.2) is 0 Å². The van der Waals surface area contributed by atoms with Crippen LogP contribution in [0.15, 0.2) is 0 Å². The maximum Gasteiger partial charge on any atom is 0.237 e. The van der Waals surface area contributed by atoms with Gasteiger partial charge in [0, 0.05) is 12.0 Å². The van der Waals surface area contributed by atoms with Crippen molar-refractivity contribution in [3.05, 3.63) is 0 Å². The molecule has 0 unspecified atom stereocenters. The minimum Gasteiger partial charge on any atom is -0.370 e. The van der Waals surface area contributed by atoms with Gasteiger partial charge in [-0.2, -0.15) is 0 Å². The predicted octanol–water partition coefficient (Wildman–Crippen LogP) is 0.130. The highest BCUT2D eigenvalue weighted by molar-refractivity contribution is 5.84. The highest BCUT2D eigenvalue weighted by atomic mass is 16.2. The summed E-state index contributed by atoms with van der Waals surface area (Å²) in [4.78, 5) is 22.6. The van der Waals surface area contributed by atoms with Crippen LogP contribution in [0.1, 0.15) is 41.0 Å². The van der Waals surface area contributed by atoms with Gasteiger partial charge in [0.1, 0.15) is 0 Å². The van der Waals surface area contributed by atoms with Gasteiger partial charge in [0.05, 0.1) is 6.04 Å². The Balaban J connectivity index is 4.50. The summed E-state index contributed by atoms with van der Waals surface area (Å²) in [5, 5.41) is 2.73. The highest BCUT2D eigenvalue weighted by Gasteiger charge is 2.31. The standard InChI is InChI=1S/C11H23N3O2/c1-10(2,3)8(13)9(16)14-11(4,5)6-7(12)15/h8H,6,13H2,1-5H3,(H2,12,15)(H,14,16)/t8-/m1/s1. The quantitative estimate of drug-likeness (QED) is 0.639. The lowest BCUT2D eigenvalue weighted by molar-refractivity contribution is -0.126. The van der Waals surface area contributed by atoms with Gasteiger partial charge in [0.2, 0.25) is 11.8 Å². The van der Waals surface area contributed by atoms with Gasteiger partial charge in [-0.05, 0) is 19.3 Å². The minimum atomic E-state index is -0.661. The minimum absolute atomic E-state index is 0.0929. The summed E-state index contributed by atoms with van der Waals surface area (Å²) in [6.07, 6.45) is 0.0929. The molecular weight excluding hydrogens is 206 g/mol. The Hall–Kier alpha value is -1.10. The zero-order valence-electron chi connectivity index (χ0n) is 10.8. The summed E-state index contributed by atoms with van der Waals surface area (Å²) in [6, 6.07) is -0.611. The van der Waals surface area contributed by atoms with E-state index in [1.165, 1.54) is 0 Å².